The molecule has 2 aromatic carbocycles. The molecule has 0 radical (unpaired) electrons. The second-order valence-electron chi connectivity index (χ2n) is 16.3. The zero-order valence-corrected chi connectivity index (χ0v) is 28.2. The molecule has 4 nitrogen and oxygen atoms in total. The normalized spacial score (nSPS) is 33.4. The molecule has 240 valence electrons. The quantitative estimate of drug-likeness (QED) is 0.165. The predicted octanol–water partition coefficient (Wildman–Crippen LogP) is 10.2. The van der Waals surface area contributed by atoms with Gasteiger partial charge in [0.2, 0.25) is 0 Å². The van der Waals surface area contributed by atoms with Crippen molar-refractivity contribution in [3.05, 3.63) is 69.9 Å². The fraction of sp³-hybridized carbons (Fsp3) is 0.610. The van der Waals surface area contributed by atoms with Gasteiger partial charge in [0.1, 0.15) is 6.10 Å². The summed E-state index contributed by atoms with van der Waals surface area (Å²) in [6, 6.07) is 12.9. The van der Waals surface area contributed by atoms with Crippen molar-refractivity contribution in [3.8, 4) is 0 Å². The average molecular weight is 608 g/mol. The summed E-state index contributed by atoms with van der Waals surface area (Å²) < 4.78 is 6.24. The summed E-state index contributed by atoms with van der Waals surface area (Å²) in [5.41, 5.74) is 3.95. The van der Waals surface area contributed by atoms with Gasteiger partial charge in [-0.05, 0) is 116 Å². The van der Waals surface area contributed by atoms with Crippen LogP contribution >= 0.6 is 0 Å². The van der Waals surface area contributed by atoms with E-state index in [1.807, 2.05) is 24.3 Å². The van der Waals surface area contributed by atoms with E-state index in [2.05, 4.69) is 45.7 Å². The number of carbonyl (C=O) groups is 1. The van der Waals surface area contributed by atoms with Gasteiger partial charge >= 0.3 is 5.97 Å². The van der Waals surface area contributed by atoms with Gasteiger partial charge in [0.15, 0.2) is 5.43 Å². The Bertz CT molecular complexity index is 1680. The average Bonchev–Trinajstić information content (AvgIpc) is 3.38. The van der Waals surface area contributed by atoms with E-state index in [-0.39, 0.29) is 22.9 Å². The highest BCUT2D eigenvalue weighted by molar-refractivity contribution is 6.05. The van der Waals surface area contributed by atoms with E-state index >= 15 is 0 Å². The number of aromatic nitrogens is 1. The smallest absolute Gasteiger partial charge is 0.340 e. The van der Waals surface area contributed by atoms with E-state index in [1.54, 1.807) is 18.2 Å². The molecule has 3 fully saturated rings. The highest BCUT2D eigenvalue weighted by Crippen LogP contribution is 2.67. The number of ether oxygens (including phenoxy) is 1. The largest absolute Gasteiger partial charge is 0.458 e. The second kappa shape index (κ2) is 11.7. The zero-order chi connectivity index (χ0) is 31.5. The minimum Gasteiger partial charge on any atom is -0.458 e. The van der Waals surface area contributed by atoms with Crippen molar-refractivity contribution < 1.29 is 9.53 Å². The number of nitrogens with one attached hydrogen (secondary N) is 1. The zero-order valence-electron chi connectivity index (χ0n) is 28.2. The van der Waals surface area contributed by atoms with Crippen molar-refractivity contribution in [2.75, 3.05) is 0 Å². The molecule has 1 aromatic heterocycles. The molecule has 0 unspecified atom stereocenters. The molecule has 1 N–H and O–H groups in total. The van der Waals surface area contributed by atoms with Gasteiger partial charge in [0, 0.05) is 22.7 Å². The monoisotopic (exact) mass is 607 g/mol. The number of rotatable bonds is 7. The van der Waals surface area contributed by atoms with Crippen LogP contribution in [0.1, 0.15) is 116 Å². The molecule has 0 amide bonds. The summed E-state index contributed by atoms with van der Waals surface area (Å²) in [5.74, 6) is 4.60. The first kappa shape index (κ1) is 30.8. The summed E-state index contributed by atoms with van der Waals surface area (Å²) in [7, 11) is 0. The molecule has 1 heterocycles. The second-order valence-corrected chi connectivity index (χ2v) is 16.3. The number of carbonyl (C=O) groups excluding carboxylic acids is 1. The van der Waals surface area contributed by atoms with Gasteiger partial charge in [0.25, 0.3) is 0 Å². The highest BCUT2D eigenvalue weighted by Gasteiger charge is 2.59. The first-order valence-corrected chi connectivity index (χ1v) is 18.0. The maximum atomic E-state index is 13.6. The first-order chi connectivity index (χ1) is 21.6. The Morgan fingerprint density at radius 1 is 0.933 bits per heavy atom. The Hall–Kier alpha value is -2.88. The molecule has 4 aliphatic rings. The molecule has 45 heavy (non-hydrogen) atoms. The van der Waals surface area contributed by atoms with E-state index < -0.39 is 0 Å². The molecular weight excluding hydrogens is 554 g/mol. The van der Waals surface area contributed by atoms with Crippen molar-refractivity contribution in [2.24, 2.45) is 46.3 Å². The Balaban J connectivity index is 1.06. The minimum atomic E-state index is -0.331. The lowest BCUT2D eigenvalue weighted by Crippen LogP contribution is -2.51. The maximum Gasteiger partial charge on any atom is 0.340 e. The summed E-state index contributed by atoms with van der Waals surface area (Å²) in [6.45, 7) is 12.5. The fourth-order valence-corrected chi connectivity index (χ4v) is 11.1. The van der Waals surface area contributed by atoms with Crippen LogP contribution in [0.25, 0.3) is 21.8 Å². The number of allylic oxidation sites excluding steroid dienone is 1. The van der Waals surface area contributed by atoms with Crippen LogP contribution in [0.15, 0.2) is 58.9 Å². The van der Waals surface area contributed by atoms with E-state index in [1.165, 1.54) is 56.9 Å². The number of hydrogen-bond acceptors (Lipinski definition) is 3. The topological polar surface area (TPSA) is 59.2 Å². The minimum absolute atomic E-state index is 0.0536. The number of hydrogen-bond donors (Lipinski definition) is 1. The third-order valence-electron chi connectivity index (χ3n) is 13.5. The third-order valence-corrected chi connectivity index (χ3v) is 13.5. The van der Waals surface area contributed by atoms with Crippen LogP contribution in [-0.2, 0) is 4.74 Å². The Labute approximate surface area is 269 Å². The van der Waals surface area contributed by atoms with Crippen LogP contribution in [0.5, 0.6) is 0 Å². The van der Waals surface area contributed by atoms with Gasteiger partial charge < -0.3 is 9.72 Å². The van der Waals surface area contributed by atoms with E-state index in [4.69, 9.17) is 4.74 Å². The summed E-state index contributed by atoms with van der Waals surface area (Å²) in [4.78, 5) is 30.2. The number of H-pyrrole nitrogens is 1. The number of para-hydroxylation sites is 2. The Kier molecular flexibility index (Phi) is 8.02. The molecule has 7 rings (SSSR count). The van der Waals surface area contributed by atoms with Crippen molar-refractivity contribution in [1.82, 2.24) is 4.98 Å². The molecule has 3 saturated carbocycles. The van der Waals surface area contributed by atoms with Gasteiger partial charge in [-0.3, -0.25) is 4.79 Å². The Morgan fingerprint density at radius 3 is 2.56 bits per heavy atom. The molecule has 0 aliphatic heterocycles. The fourth-order valence-electron chi connectivity index (χ4n) is 11.1. The van der Waals surface area contributed by atoms with Crippen molar-refractivity contribution >= 4 is 27.8 Å². The van der Waals surface area contributed by atoms with Gasteiger partial charge in [0.05, 0.1) is 11.1 Å². The molecule has 3 aromatic rings. The summed E-state index contributed by atoms with van der Waals surface area (Å²) in [6.07, 6.45) is 16.2. The molecular formula is C41H53NO3. The van der Waals surface area contributed by atoms with Crippen molar-refractivity contribution in [2.45, 2.75) is 111 Å². The number of benzene rings is 2. The van der Waals surface area contributed by atoms with Crippen LogP contribution in [0.3, 0.4) is 0 Å². The van der Waals surface area contributed by atoms with Crippen LogP contribution < -0.4 is 5.43 Å². The molecule has 0 spiro atoms. The van der Waals surface area contributed by atoms with E-state index in [0.717, 1.165) is 60.3 Å². The van der Waals surface area contributed by atoms with E-state index in [9.17, 15) is 9.59 Å². The first-order valence-electron chi connectivity index (χ1n) is 18.0. The number of esters is 1. The molecule has 4 heteroatoms. The highest BCUT2D eigenvalue weighted by atomic mass is 16.5. The summed E-state index contributed by atoms with van der Waals surface area (Å²) >= 11 is 0. The van der Waals surface area contributed by atoms with Crippen molar-refractivity contribution in [3.63, 3.8) is 0 Å². The van der Waals surface area contributed by atoms with Gasteiger partial charge in [-0.2, -0.15) is 0 Å². The third kappa shape index (κ3) is 5.19. The van der Waals surface area contributed by atoms with E-state index in [0.29, 0.717) is 27.3 Å². The Morgan fingerprint density at radius 2 is 1.73 bits per heavy atom. The molecule has 0 saturated heterocycles. The lowest BCUT2D eigenvalue weighted by molar-refractivity contribution is -0.0594. The standard InChI is InChI=1S/C41H53NO3/c1-25(2)10-8-11-26(3)33-18-19-34-29-17-16-27-24-28(20-22-40(27,4)35(29)21-23-41(33,34)5)45-39(44)32-14-9-13-31-37(32)42-36-15-7-6-12-30(36)38(31)43/h6-7,9,12-16,25-26,28-29,33-35H,8,10-11,17-24H2,1-5H3,(H,42,43)/t26-,28+,29+,33-,34+,35+,40+,41-/m1/s1. The van der Waals surface area contributed by atoms with Crippen LogP contribution in [0.2, 0.25) is 0 Å². The van der Waals surface area contributed by atoms with Gasteiger partial charge in [-0.15, -0.1) is 0 Å². The lowest BCUT2D eigenvalue weighted by atomic mass is 9.47. The molecule has 4 aliphatic carbocycles. The van der Waals surface area contributed by atoms with Crippen molar-refractivity contribution in [1.29, 1.82) is 0 Å². The number of fused-ring (bicyclic) bond motifs is 7. The molecule has 0 bridgehead atoms. The predicted molar refractivity (Wildman–Crippen MR) is 184 cm³/mol. The van der Waals surface area contributed by atoms with Crippen LogP contribution in [0, 0.1) is 46.3 Å². The number of pyridine rings is 1. The van der Waals surface area contributed by atoms with Gasteiger partial charge in [-0.1, -0.05) is 83.7 Å². The molecule has 8 atom stereocenters. The van der Waals surface area contributed by atoms with Gasteiger partial charge in [-0.25, -0.2) is 4.79 Å². The summed E-state index contributed by atoms with van der Waals surface area (Å²) in [5, 5.41) is 1.17. The lowest BCUT2D eigenvalue weighted by Gasteiger charge is -2.58. The number of aromatic amines is 1. The SMILES string of the molecule is CC(C)CCC[C@@H](C)[C@H]1CC[C@H]2[C@@H]3CC=C4C[C@@H](OC(=O)c5cccc6c(=O)c7ccccc7[nH]c56)CC[C@]4(C)[C@H]3CC[C@]12C. The van der Waals surface area contributed by atoms with Crippen LogP contribution in [-0.4, -0.2) is 17.1 Å². The maximum absolute atomic E-state index is 13.6. The van der Waals surface area contributed by atoms with Crippen LogP contribution in [0.4, 0.5) is 0 Å².